The maximum atomic E-state index is 12.1. The lowest BCUT2D eigenvalue weighted by Gasteiger charge is -2.36. The van der Waals surface area contributed by atoms with E-state index in [-0.39, 0.29) is 24.0 Å². The molecule has 2 aliphatic heterocycles. The van der Waals surface area contributed by atoms with Gasteiger partial charge in [0.2, 0.25) is 0 Å². The van der Waals surface area contributed by atoms with E-state index in [1.54, 1.807) is 4.90 Å². The Morgan fingerprint density at radius 3 is 2.72 bits per heavy atom. The molecule has 0 aliphatic carbocycles. The van der Waals surface area contributed by atoms with Crippen LogP contribution < -0.4 is 5.32 Å². The van der Waals surface area contributed by atoms with E-state index in [0.717, 1.165) is 17.9 Å². The summed E-state index contributed by atoms with van der Waals surface area (Å²) in [5, 5.41) is 12.0. The Kier molecular flexibility index (Phi) is 4.37. The maximum absolute atomic E-state index is 12.1. The van der Waals surface area contributed by atoms with Crippen molar-refractivity contribution in [2.75, 3.05) is 18.1 Å². The summed E-state index contributed by atoms with van der Waals surface area (Å²) < 4.78 is 0. The van der Waals surface area contributed by atoms with Gasteiger partial charge in [0.15, 0.2) is 0 Å². The summed E-state index contributed by atoms with van der Waals surface area (Å²) in [5.74, 6) is 1.06. The van der Waals surface area contributed by atoms with E-state index >= 15 is 0 Å². The van der Waals surface area contributed by atoms with Crippen LogP contribution in [-0.4, -0.2) is 52.1 Å². The van der Waals surface area contributed by atoms with Gasteiger partial charge >= 0.3 is 12.0 Å². The number of aliphatic carboxylic acids is 1. The highest BCUT2D eigenvalue weighted by Crippen LogP contribution is 2.24. The van der Waals surface area contributed by atoms with Crippen LogP contribution in [0.2, 0.25) is 0 Å². The Hall–Kier alpha value is -0.910. The number of likely N-dealkylation sites (tertiary alicyclic amines) is 1. The van der Waals surface area contributed by atoms with Gasteiger partial charge in [0.05, 0.1) is 5.92 Å². The summed E-state index contributed by atoms with van der Waals surface area (Å²) in [6.45, 7) is 2.47. The smallest absolute Gasteiger partial charge is 0.317 e. The molecule has 3 unspecified atom stereocenters. The van der Waals surface area contributed by atoms with Gasteiger partial charge in [0.25, 0.3) is 0 Å². The first-order chi connectivity index (χ1) is 8.58. The number of rotatable bonds is 2. The molecule has 3 atom stereocenters. The van der Waals surface area contributed by atoms with Crippen LogP contribution in [0.4, 0.5) is 4.79 Å². The van der Waals surface area contributed by atoms with Crippen molar-refractivity contribution in [1.82, 2.24) is 10.2 Å². The van der Waals surface area contributed by atoms with Crippen molar-refractivity contribution in [3.63, 3.8) is 0 Å². The molecule has 18 heavy (non-hydrogen) atoms. The molecule has 0 saturated carbocycles. The zero-order chi connectivity index (χ0) is 13.1. The molecule has 0 bridgehead atoms. The molecule has 0 spiro atoms. The second kappa shape index (κ2) is 5.82. The summed E-state index contributed by atoms with van der Waals surface area (Å²) in [5.41, 5.74) is 0. The van der Waals surface area contributed by atoms with Crippen LogP contribution in [0.15, 0.2) is 0 Å². The van der Waals surface area contributed by atoms with Crippen LogP contribution in [-0.2, 0) is 4.79 Å². The molecule has 2 fully saturated rings. The lowest BCUT2D eigenvalue weighted by molar-refractivity contribution is -0.143. The molecule has 2 aliphatic rings. The molecule has 2 rings (SSSR count). The van der Waals surface area contributed by atoms with E-state index < -0.39 is 5.97 Å². The first kappa shape index (κ1) is 13.5. The summed E-state index contributed by atoms with van der Waals surface area (Å²) in [7, 11) is 0. The first-order valence-corrected chi connectivity index (χ1v) is 7.61. The van der Waals surface area contributed by atoms with Crippen molar-refractivity contribution in [3.8, 4) is 0 Å². The number of amides is 2. The molecule has 0 aromatic carbocycles. The number of urea groups is 1. The molecular formula is C12H20N2O3S. The second-order valence-corrected chi connectivity index (χ2v) is 6.26. The van der Waals surface area contributed by atoms with Gasteiger partial charge in [-0.05, 0) is 31.9 Å². The van der Waals surface area contributed by atoms with Crippen molar-refractivity contribution in [2.24, 2.45) is 5.92 Å². The lowest BCUT2D eigenvalue weighted by Crippen LogP contribution is -2.52. The number of carboxylic acids is 1. The number of carbonyl (C=O) groups is 2. The van der Waals surface area contributed by atoms with Crippen LogP contribution in [0.5, 0.6) is 0 Å². The molecular weight excluding hydrogens is 252 g/mol. The van der Waals surface area contributed by atoms with Gasteiger partial charge in [-0.1, -0.05) is 0 Å². The average molecular weight is 272 g/mol. The summed E-state index contributed by atoms with van der Waals surface area (Å²) in [6.07, 6.45) is 2.16. The summed E-state index contributed by atoms with van der Waals surface area (Å²) >= 11 is 1.86. The second-order valence-electron chi connectivity index (χ2n) is 5.11. The molecule has 2 saturated heterocycles. The van der Waals surface area contributed by atoms with Crippen molar-refractivity contribution >= 4 is 23.8 Å². The Morgan fingerprint density at radius 2 is 2.17 bits per heavy atom. The van der Waals surface area contributed by atoms with Crippen molar-refractivity contribution in [2.45, 2.75) is 38.3 Å². The topological polar surface area (TPSA) is 69.6 Å². The normalized spacial score (nSPS) is 32.3. The van der Waals surface area contributed by atoms with E-state index in [4.69, 9.17) is 5.11 Å². The number of hydrogen-bond acceptors (Lipinski definition) is 3. The SMILES string of the molecule is CC1CC(C(=O)O)CCN1C(=O)NC1CCSC1. The summed E-state index contributed by atoms with van der Waals surface area (Å²) in [4.78, 5) is 24.8. The van der Waals surface area contributed by atoms with E-state index in [1.165, 1.54) is 0 Å². The average Bonchev–Trinajstić information content (AvgIpc) is 2.81. The molecule has 2 N–H and O–H groups in total. The Labute approximate surface area is 111 Å². The van der Waals surface area contributed by atoms with Crippen LogP contribution in [0.1, 0.15) is 26.2 Å². The maximum Gasteiger partial charge on any atom is 0.317 e. The molecule has 2 heterocycles. The van der Waals surface area contributed by atoms with Crippen LogP contribution in [0.3, 0.4) is 0 Å². The van der Waals surface area contributed by atoms with Gasteiger partial charge in [0, 0.05) is 24.4 Å². The van der Waals surface area contributed by atoms with E-state index in [0.29, 0.717) is 19.4 Å². The number of carboxylic acid groups (broad SMARTS) is 1. The minimum absolute atomic E-state index is 0.00825. The molecule has 6 heteroatoms. The number of hydrogen-bond donors (Lipinski definition) is 2. The predicted octanol–water partition coefficient (Wildman–Crippen LogP) is 1.39. The molecule has 2 amide bonds. The largest absolute Gasteiger partial charge is 0.481 e. The van der Waals surface area contributed by atoms with Gasteiger partial charge in [-0.25, -0.2) is 4.79 Å². The van der Waals surface area contributed by atoms with Crippen LogP contribution >= 0.6 is 11.8 Å². The quantitative estimate of drug-likeness (QED) is 0.797. The fourth-order valence-electron chi connectivity index (χ4n) is 2.60. The minimum Gasteiger partial charge on any atom is -0.481 e. The number of piperidine rings is 1. The molecule has 0 radical (unpaired) electrons. The summed E-state index contributed by atoms with van der Waals surface area (Å²) in [6, 6.07) is 0.264. The number of carbonyl (C=O) groups excluding carboxylic acids is 1. The first-order valence-electron chi connectivity index (χ1n) is 6.45. The van der Waals surface area contributed by atoms with Crippen molar-refractivity contribution in [3.05, 3.63) is 0 Å². The molecule has 102 valence electrons. The van der Waals surface area contributed by atoms with E-state index in [2.05, 4.69) is 5.32 Å². The van der Waals surface area contributed by atoms with Gasteiger partial charge in [-0.15, -0.1) is 0 Å². The highest BCUT2D eigenvalue weighted by Gasteiger charge is 2.33. The zero-order valence-corrected chi connectivity index (χ0v) is 11.4. The van der Waals surface area contributed by atoms with Gasteiger partial charge in [-0.3, -0.25) is 4.79 Å². The number of nitrogens with zero attached hydrogens (tertiary/aromatic N) is 1. The Balaban J connectivity index is 1.85. The highest BCUT2D eigenvalue weighted by atomic mass is 32.2. The molecule has 0 aromatic heterocycles. The van der Waals surface area contributed by atoms with Crippen LogP contribution in [0, 0.1) is 5.92 Å². The van der Waals surface area contributed by atoms with Crippen molar-refractivity contribution in [1.29, 1.82) is 0 Å². The minimum atomic E-state index is -0.742. The Bertz CT molecular complexity index is 331. The van der Waals surface area contributed by atoms with Gasteiger partial charge in [0.1, 0.15) is 0 Å². The molecule has 0 aromatic rings. The standard InChI is InChI=1S/C12H20N2O3S/c1-8-6-9(11(15)16)2-4-14(8)12(17)13-10-3-5-18-7-10/h8-10H,2-7H2,1H3,(H,13,17)(H,15,16). The third kappa shape index (κ3) is 3.10. The predicted molar refractivity (Wildman–Crippen MR) is 70.8 cm³/mol. The van der Waals surface area contributed by atoms with Crippen LogP contribution in [0.25, 0.3) is 0 Å². The third-order valence-corrected chi connectivity index (χ3v) is 4.91. The van der Waals surface area contributed by atoms with Gasteiger partial charge < -0.3 is 15.3 Å². The van der Waals surface area contributed by atoms with Crippen molar-refractivity contribution < 1.29 is 14.7 Å². The van der Waals surface area contributed by atoms with E-state index in [1.807, 2.05) is 18.7 Å². The number of thioether (sulfide) groups is 1. The highest BCUT2D eigenvalue weighted by molar-refractivity contribution is 7.99. The third-order valence-electron chi connectivity index (χ3n) is 3.74. The van der Waals surface area contributed by atoms with Gasteiger partial charge in [-0.2, -0.15) is 11.8 Å². The fourth-order valence-corrected chi connectivity index (χ4v) is 3.76. The van der Waals surface area contributed by atoms with E-state index in [9.17, 15) is 9.59 Å². The lowest BCUT2D eigenvalue weighted by atomic mass is 9.92. The zero-order valence-electron chi connectivity index (χ0n) is 10.6. The number of nitrogens with one attached hydrogen (secondary N) is 1. The Morgan fingerprint density at radius 1 is 1.39 bits per heavy atom. The molecule has 5 nitrogen and oxygen atoms in total. The monoisotopic (exact) mass is 272 g/mol. The fraction of sp³-hybridized carbons (Fsp3) is 0.833.